The predicted molar refractivity (Wildman–Crippen MR) is 125 cm³/mol. The van der Waals surface area contributed by atoms with Crippen molar-refractivity contribution in [1.82, 2.24) is 10.4 Å². The maximum Gasteiger partial charge on any atom is 0.271 e. The van der Waals surface area contributed by atoms with Crippen LogP contribution < -0.4 is 10.7 Å². The predicted octanol–water partition coefficient (Wildman–Crippen LogP) is 5.33. The Morgan fingerprint density at radius 1 is 1.03 bits per heavy atom. The minimum absolute atomic E-state index is 0.101. The van der Waals surface area contributed by atoms with Crippen LogP contribution in [0.15, 0.2) is 83.3 Å². The van der Waals surface area contributed by atoms with E-state index in [0.29, 0.717) is 11.1 Å². The Morgan fingerprint density at radius 3 is 2.52 bits per heavy atom. The first-order valence-corrected chi connectivity index (χ1v) is 10.5. The molecule has 3 aromatic carbocycles. The molecule has 1 heterocycles. The lowest BCUT2D eigenvalue weighted by Gasteiger charge is -2.03. The first-order chi connectivity index (χ1) is 15.1. The average molecular weight is 429 g/mol. The number of aryl methyl sites for hydroxylation is 1. The van der Waals surface area contributed by atoms with Crippen molar-refractivity contribution in [2.75, 3.05) is 5.32 Å². The number of para-hydroxylation sites is 1. The van der Waals surface area contributed by atoms with Crippen LogP contribution in [-0.4, -0.2) is 22.2 Å². The summed E-state index contributed by atoms with van der Waals surface area (Å²) in [5.41, 5.74) is 7.42. The molecule has 0 fully saturated rings. The van der Waals surface area contributed by atoms with E-state index in [1.807, 2.05) is 41.8 Å². The zero-order valence-corrected chi connectivity index (χ0v) is 17.6. The smallest absolute Gasteiger partial charge is 0.271 e. The standard InChI is InChI=1S/C24H20N4O2S/c1-16-6-12-20(13-7-16)26-24-27-21(15-31-24)17-8-10-18(11-9-17)23(30)28-25-14-19-4-2-3-5-22(19)29/h2-15,29H,1H3,(H,26,27)(H,28,30)/b25-14-. The van der Waals surface area contributed by atoms with Gasteiger partial charge in [-0.2, -0.15) is 5.10 Å². The normalized spacial score (nSPS) is 10.9. The lowest BCUT2D eigenvalue weighted by atomic mass is 10.1. The van der Waals surface area contributed by atoms with Gasteiger partial charge in [0.1, 0.15) is 5.75 Å². The molecule has 0 radical (unpaired) electrons. The second-order valence-electron chi connectivity index (χ2n) is 6.86. The highest BCUT2D eigenvalue weighted by atomic mass is 32.1. The number of phenolic OH excluding ortho intramolecular Hbond substituents is 1. The maximum absolute atomic E-state index is 12.3. The molecule has 0 saturated carbocycles. The third kappa shape index (κ3) is 5.15. The Balaban J connectivity index is 1.39. The van der Waals surface area contributed by atoms with Gasteiger partial charge in [-0.05, 0) is 43.3 Å². The lowest BCUT2D eigenvalue weighted by molar-refractivity contribution is 0.0955. The molecule has 4 rings (SSSR count). The highest BCUT2D eigenvalue weighted by Gasteiger charge is 2.08. The second-order valence-corrected chi connectivity index (χ2v) is 7.72. The Bertz CT molecular complexity index is 1220. The molecule has 6 nitrogen and oxygen atoms in total. The minimum Gasteiger partial charge on any atom is -0.507 e. The largest absolute Gasteiger partial charge is 0.507 e. The summed E-state index contributed by atoms with van der Waals surface area (Å²) in [6, 6.07) is 22.1. The highest BCUT2D eigenvalue weighted by Crippen LogP contribution is 2.27. The third-order valence-electron chi connectivity index (χ3n) is 4.56. The number of nitrogens with one attached hydrogen (secondary N) is 2. The number of hydrazone groups is 1. The molecule has 1 aromatic heterocycles. The number of hydrogen-bond acceptors (Lipinski definition) is 6. The maximum atomic E-state index is 12.3. The van der Waals surface area contributed by atoms with Gasteiger partial charge in [0.05, 0.1) is 11.9 Å². The van der Waals surface area contributed by atoms with Gasteiger partial charge < -0.3 is 10.4 Å². The van der Waals surface area contributed by atoms with Gasteiger partial charge in [0.2, 0.25) is 0 Å². The Labute approximate surface area is 183 Å². The number of benzene rings is 3. The van der Waals surface area contributed by atoms with E-state index < -0.39 is 0 Å². The fourth-order valence-corrected chi connectivity index (χ4v) is 3.58. The van der Waals surface area contributed by atoms with Crippen LogP contribution in [0.2, 0.25) is 0 Å². The number of anilines is 2. The van der Waals surface area contributed by atoms with Gasteiger partial charge in [0.25, 0.3) is 5.91 Å². The molecular formula is C24H20N4O2S. The number of phenols is 1. The molecule has 0 atom stereocenters. The second kappa shape index (κ2) is 9.23. The molecular weight excluding hydrogens is 408 g/mol. The highest BCUT2D eigenvalue weighted by molar-refractivity contribution is 7.14. The summed E-state index contributed by atoms with van der Waals surface area (Å²) in [5, 5.41) is 19.7. The number of amides is 1. The average Bonchev–Trinajstić information content (AvgIpc) is 3.25. The quantitative estimate of drug-likeness (QED) is 0.286. The molecule has 0 aliphatic carbocycles. The number of rotatable bonds is 6. The summed E-state index contributed by atoms with van der Waals surface area (Å²) in [4.78, 5) is 16.9. The molecule has 0 aliphatic heterocycles. The van der Waals surface area contributed by atoms with Crippen LogP contribution in [0.25, 0.3) is 11.3 Å². The first-order valence-electron chi connectivity index (χ1n) is 9.59. The van der Waals surface area contributed by atoms with Crippen molar-refractivity contribution in [3.63, 3.8) is 0 Å². The molecule has 0 aliphatic rings. The van der Waals surface area contributed by atoms with Crippen LogP contribution in [0.3, 0.4) is 0 Å². The third-order valence-corrected chi connectivity index (χ3v) is 5.31. The van der Waals surface area contributed by atoms with Crippen molar-refractivity contribution >= 4 is 34.3 Å². The first kappa shape index (κ1) is 20.3. The number of aromatic hydroxyl groups is 1. The monoisotopic (exact) mass is 428 g/mol. The number of carbonyl (C=O) groups excluding carboxylic acids is 1. The Kier molecular flexibility index (Phi) is 6.05. The number of aromatic nitrogens is 1. The van der Waals surface area contributed by atoms with Gasteiger partial charge in [0.15, 0.2) is 5.13 Å². The van der Waals surface area contributed by atoms with E-state index in [4.69, 9.17) is 0 Å². The van der Waals surface area contributed by atoms with Gasteiger partial charge in [0, 0.05) is 27.8 Å². The fourth-order valence-electron chi connectivity index (χ4n) is 2.84. The Morgan fingerprint density at radius 2 is 1.77 bits per heavy atom. The minimum atomic E-state index is -0.335. The topological polar surface area (TPSA) is 86.6 Å². The SMILES string of the molecule is Cc1ccc(Nc2nc(-c3ccc(C(=O)N/N=C\c4ccccc4O)cc3)cs2)cc1. The van der Waals surface area contributed by atoms with Crippen molar-refractivity contribution in [2.24, 2.45) is 5.10 Å². The van der Waals surface area contributed by atoms with Gasteiger partial charge in [-0.25, -0.2) is 10.4 Å². The van der Waals surface area contributed by atoms with Crippen LogP contribution in [0.5, 0.6) is 5.75 Å². The summed E-state index contributed by atoms with van der Waals surface area (Å²) < 4.78 is 0. The zero-order valence-electron chi connectivity index (χ0n) is 16.7. The molecule has 0 bridgehead atoms. The summed E-state index contributed by atoms with van der Waals surface area (Å²) in [6.07, 6.45) is 1.40. The summed E-state index contributed by atoms with van der Waals surface area (Å²) in [5.74, 6) is -0.234. The van der Waals surface area contributed by atoms with Crippen LogP contribution in [0.1, 0.15) is 21.5 Å². The van der Waals surface area contributed by atoms with Crippen molar-refractivity contribution in [3.8, 4) is 17.0 Å². The molecule has 4 aromatic rings. The van der Waals surface area contributed by atoms with E-state index in [0.717, 1.165) is 22.1 Å². The molecule has 31 heavy (non-hydrogen) atoms. The van der Waals surface area contributed by atoms with E-state index in [9.17, 15) is 9.90 Å². The van der Waals surface area contributed by atoms with Crippen LogP contribution in [0, 0.1) is 6.92 Å². The van der Waals surface area contributed by atoms with Crippen LogP contribution in [-0.2, 0) is 0 Å². The summed E-state index contributed by atoms with van der Waals surface area (Å²) in [6.45, 7) is 2.05. The van der Waals surface area contributed by atoms with E-state index in [2.05, 4.69) is 27.8 Å². The van der Waals surface area contributed by atoms with Gasteiger partial charge in [-0.15, -0.1) is 11.3 Å². The van der Waals surface area contributed by atoms with Gasteiger partial charge in [-0.3, -0.25) is 4.79 Å². The van der Waals surface area contributed by atoms with E-state index in [1.54, 1.807) is 36.4 Å². The van der Waals surface area contributed by atoms with Crippen molar-refractivity contribution < 1.29 is 9.90 Å². The number of hydrogen-bond donors (Lipinski definition) is 3. The van der Waals surface area contributed by atoms with Gasteiger partial charge in [-0.1, -0.05) is 42.0 Å². The van der Waals surface area contributed by atoms with Crippen molar-refractivity contribution in [1.29, 1.82) is 0 Å². The molecule has 0 spiro atoms. The Hall–Kier alpha value is -3.97. The van der Waals surface area contributed by atoms with Crippen molar-refractivity contribution in [3.05, 3.63) is 94.9 Å². The number of carbonyl (C=O) groups is 1. The van der Waals surface area contributed by atoms with Crippen molar-refractivity contribution in [2.45, 2.75) is 6.92 Å². The van der Waals surface area contributed by atoms with Crippen LogP contribution >= 0.6 is 11.3 Å². The zero-order chi connectivity index (χ0) is 21.6. The number of nitrogens with zero attached hydrogens (tertiary/aromatic N) is 2. The summed E-state index contributed by atoms with van der Waals surface area (Å²) >= 11 is 1.52. The molecule has 3 N–H and O–H groups in total. The van der Waals surface area contributed by atoms with E-state index in [-0.39, 0.29) is 11.7 Å². The van der Waals surface area contributed by atoms with E-state index in [1.165, 1.54) is 23.1 Å². The van der Waals surface area contributed by atoms with Crippen LogP contribution in [0.4, 0.5) is 10.8 Å². The summed E-state index contributed by atoms with van der Waals surface area (Å²) in [7, 11) is 0. The molecule has 1 amide bonds. The van der Waals surface area contributed by atoms with E-state index >= 15 is 0 Å². The van der Waals surface area contributed by atoms with Gasteiger partial charge >= 0.3 is 0 Å². The molecule has 7 heteroatoms. The molecule has 154 valence electrons. The molecule has 0 saturated heterocycles. The fraction of sp³-hybridized carbons (Fsp3) is 0.0417. The number of thiazole rings is 1. The molecule has 0 unspecified atom stereocenters. The lowest BCUT2D eigenvalue weighted by Crippen LogP contribution is -2.17.